The van der Waals surface area contributed by atoms with E-state index in [0.29, 0.717) is 30.4 Å². The molecule has 6 fully saturated rings. The topological polar surface area (TPSA) is 270 Å². The maximum absolute atomic E-state index is 14.8. The third-order valence-corrected chi connectivity index (χ3v) is 18.3. The Hall–Kier alpha value is -2.13. The molecule has 3 heterocycles. The van der Waals surface area contributed by atoms with Crippen LogP contribution >= 0.6 is 0 Å². The van der Waals surface area contributed by atoms with Crippen LogP contribution in [0.3, 0.4) is 0 Å². The second-order valence-corrected chi connectivity index (χ2v) is 22.3. The first kappa shape index (κ1) is 46.4. The number of carbonyl (C=O) groups excluding carboxylic acids is 1. The monoisotopic (exact) mass is 877 g/mol. The molecule has 2 saturated heterocycles. The molecule has 1 aromatic heterocycles. The lowest BCUT2D eigenvalue weighted by atomic mass is 9.33. The average molecular weight is 877 g/mol. The van der Waals surface area contributed by atoms with Crippen LogP contribution in [0.2, 0.25) is 0 Å². The summed E-state index contributed by atoms with van der Waals surface area (Å²) in [4.78, 5) is 14.8. The Morgan fingerprint density at radius 1 is 0.806 bits per heavy atom. The predicted octanol–water partition coefficient (Wildman–Crippen LogP) is 0.824. The van der Waals surface area contributed by atoms with Gasteiger partial charge >= 0.3 is 0 Å². The molecule has 0 bridgehead atoms. The SMILES string of the molecule is CC1(C)CC[C@]2(C(=O)NCc3cn([C@@H]4O[C@H](CO)[C@@H](O[C@H]5O[C@H](CO)[C@@H](O)[C@H](O)[C@H]5O)[C@H](O)[C@H]4O)nn3)[C@H](O)C[C@]3(C)C(=CC[C@@H]4[C@@]5(C)CC[C@H](O)C(C)(C)[C@@H]5CC[C@]43C)[C@@H]2C1. The zero-order valence-corrected chi connectivity index (χ0v) is 37.3. The Morgan fingerprint density at radius 2 is 1.52 bits per heavy atom. The normalized spacial score (nSPS) is 49.7. The van der Waals surface area contributed by atoms with E-state index in [1.807, 2.05) is 0 Å². The molecule has 2 aliphatic heterocycles. The Balaban J connectivity index is 0.994. The molecule has 5 aliphatic carbocycles. The first-order chi connectivity index (χ1) is 29.0. The first-order valence-electron chi connectivity index (χ1n) is 22.8. The second-order valence-electron chi connectivity index (χ2n) is 22.3. The van der Waals surface area contributed by atoms with Gasteiger partial charge in [0.1, 0.15) is 54.5 Å². The summed E-state index contributed by atoms with van der Waals surface area (Å²) >= 11 is 0. The molecule has 10 N–H and O–H groups in total. The molecule has 350 valence electrons. The van der Waals surface area contributed by atoms with Crippen molar-refractivity contribution in [1.29, 1.82) is 0 Å². The van der Waals surface area contributed by atoms with Crippen LogP contribution in [0.15, 0.2) is 17.8 Å². The molecule has 1 amide bonds. The number of hydrogen-bond acceptors (Lipinski definition) is 15. The van der Waals surface area contributed by atoms with E-state index in [2.05, 4.69) is 70.2 Å². The first-order valence-corrected chi connectivity index (χ1v) is 22.8. The quantitative estimate of drug-likeness (QED) is 0.162. The molecule has 0 radical (unpaired) electrons. The summed E-state index contributed by atoms with van der Waals surface area (Å²) in [6, 6.07) is 0. The van der Waals surface area contributed by atoms with Crippen molar-refractivity contribution < 1.29 is 65.0 Å². The fraction of sp³-hybridized carbons (Fsp3) is 0.889. The number of rotatable bonds is 8. The lowest BCUT2D eigenvalue weighted by Crippen LogP contribution is -2.68. The summed E-state index contributed by atoms with van der Waals surface area (Å²) in [5.74, 6) is 0.352. The highest BCUT2D eigenvalue weighted by molar-refractivity contribution is 5.85. The third-order valence-electron chi connectivity index (χ3n) is 18.3. The molecule has 4 saturated carbocycles. The minimum absolute atomic E-state index is 0.0419. The minimum atomic E-state index is -1.79. The van der Waals surface area contributed by atoms with Gasteiger partial charge in [-0.1, -0.05) is 65.3 Å². The maximum Gasteiger partial charge on any atom is 0.229 e. The maximum atomic E-state index is 14.8. The molecule has 17 heteroatoms. The van der Waals surface area contributed by atoms with Crippen LogP contribution in [-0.2, 0) is 25.5 Å². The van der Waals surface area contributed by atoms with Gasteiger partial charge in [0, 0.05) is 0 Å². The van der Waals surface area contributed by atoms with E-state index < -0.39 is 86.1 Å². The van der Waals surface area contributed by atoms with Gasteiger partial charge in [0.2, 0.25) is 5.91 Å². The van der Waals surface area contributed by atoms with Crippen molar-refractivity contribution in [2.24, 2.45) is 50.2 Å². The van der Waals surface area contributed by atoms with Gasteiger partial charge in [-0.2, -0.15) is 0 Å². The van der Waals surface area contributed by atoms with E-state index in [0.717, 1.165) is 44.9 Å². The van der Waals surface area contributed by atoms with Crippen molar-refractivity contribution in [3.63, 3.8) is 0 Å². The minimum Gasteiger partial charge on any atom is -0.394 e. The van der Waals surface area contributed by atoms with Gasteiger partial charge in [0.15, 0.2) is 12.5 Å². The molecular weight excluding hydrogens is 805 g/mol. The number of aliphatic hydroxyl groups is 9. The molecule has 1 aromatic rings. The zero-order chi connectivity index (χ0) is 45.1. The number of nitrogens with one attached hydrogen (secondary N) is 1. The van der Waals surface area contributed by atoms with Crippen molar-refractivity contribution >= 4 is 5.91 Å². The van der Waals surface area contributed by atoms with Crippen molar-refractivity contribution in [1.82, 2.24) is 20.3 Å². The number of hydrogen-bond donors (Lipinski definition) is 10. The van der Waals surface area contributed by atoms with Crippen LogP contribution in [0.1, 0.15) is 118 Å². The summed E-state index contributed by atoms with van der Waals surface area (Å²) in [5, 5.41) is 108. The van der Waals surface area contributed by atoms with Crippen LogP contribution in [0.4, 0.5) is 0 Å². The van der Waals surface area contributed by atoms with Crippen LogP contribution in [0, 0.1) is 50.2 Å². The number of aromatic nitrogens is 3. The Morgan fingerprint density at radius 3 is 2.21 bits per heavy atom. The fourth-order valence-electron chi connectivity index (χ4n) is 14.4. The van der Waals surface area contributed by atoms with Crippen molar-refractivity contribution in [2.45, 2.75) is 186 Å². The molecule has 0 spiro atoms. The smallest absolute Gasteiger partial charge is 0.229 e. The summed E-state index contributed by atoms with van der Waals surface area (Å²) in [5.41, 5.74) is -0.0486. The number of aliphatic hydroxyl groups excluding tert-OH is 9. The summed E-state index contributed by atoms with van der Waals surface area (Å²) in [7, 11) is 0. The van der Waals surface area contributed by atoms with E-state index in [1.165, 1.54) is 16.5 Å². The lowest BCUT2D eigenvalue weighted by molar-refractivity contribution is -0.347. The van der Waals surface area contributed by atoms with Crippen LogP contribution < -0.4 is 5.32 Å². The van der Waals surface area contributed by atoms with Gasteiger partial charge in [-0.3, -0.25) is 4.79 Å². The number of carbonyl (C=O) groups is 1. The lowest BCUT2D eigenvalue weighted by Gasteiger charge is -2.71. The third kappa shape index (κ3) is 6.89. The standard InChI is InChI=1S/C45H72N4O13/c1-40(2)14-15-45(24(16-40)23-8-9-28-42(5)12-11-29(52)41(3,4)27(42)10-13-43(28,6)44(23,7)17-30(45)53)39(59)46-18-22-19-49(48-47-22)37-34(57)33(56)36(26(21-51)60-37)62-38-35(58)32(55)31(54)25(20-50)61-38/h8,19,24-38,50-58H,9-18,20-21H2,1-7H3,(H,46,59)/t24-,25+,26+,27-,28+,29-,30+,31+,32-,33+,34+,35+,36+,37+,38+,42-,43+,44+,45+/m0/s1. The van der Waals surface area contributed by atoms with Crippen molar-refractivity contribution in [3.05, 3.63) is 23.5 Å². The van der Waals surface area contributed by atoms with E-state index in [-0.39, 0.29) is 51.5 Å². The molecule has 0 unspecified atom stereocenters. The van der Waals surface area contributed by atoms with E-state index in [4.69, 9.17) is 14.2 Å². The fourth-order valence-corrected chi connectivity index (χ4v) is 14.4. The number of allylic oxidation sites excluding steroid dienone is 2. The molecular formula is C45H72N4O13. The number of fused-ring (bicyclic) bond motifs is 7. The van der Waals surface area contributed by atoms with Gasteiger partial charge in [-0.15, -0.1) is 5.10 Å². The van der Waals surface area contributed by atoms with Crippen molar-refractivity contribution in [3.8, 4) is 0 Å². The second kappa shape index (κ2) is 16.0. The van der Waals surface area contributed by atoms with E-state index in [1.54, 1.807) is 0 Å². The van der Waals surface area contributed by atoms with Crippen LogP contribution in [-0.4, -0.2) is 147 Å². The molecule has 8 rings (SSSR count). The van der Waals surface area contributed by atoms with Gasteiger partial charge in [0.05, 0.1) is 43.6 Å². The highest BCUT2D eigenvalue weighted by Gasteiger charge is 2.71. The molecule has 19 atom stereocenters. The van der Waals surface area contributed by atoms with E-state index >= 15 is 0 Å². The Kier molecular flexibility index (Phi) is 12.0. The van der Waals surface area contributed by atoms with Crippen LogP contribution in [0.5, 0.6) is 0 Å². The summed E-state index contributed by atoms with van der Waals surface area (Å²) in [6.45, 7) is 14.8. The summed E-state index contributed by atoms with van der Waals surface area (Å²) < 4.78 is 18.2. The summed E-state index contributed by atoms with van der Waals surface area (Å²) in [6.07, 6.45) is -5.75. The van der Waals surface area contributed by atoms with Gasteiger partial charge in [-0.05, 0) is 103 Å². The number of ether oxygens (including phenoxy) is 3. The molecule has 62 heavy (non-hydrogen) atoms. The highest BCUT2D eigenvalue weighted by atomic mass is 16.7. The zero-order valence-electron chi connectivity index (χ0n) is 37.3. The predicted molar refractivity (Wildman–Crippen MR) is 220 cm³/mol. The average Bonchev–Trinajstić information content (AvgIpc) is 3.69. The van der Waals surface area contributed by atoms with E-state index in [9.17, 15) is 50.8 Å². The Bertz CT molecular complexity index is 1860. The van der Waals surface area contributed by atoms with Crippen molar-refractivity contribution in [2.75, 3.05) is 13.2 Å². The Labute approximate surface area is 363 Å². The largest absolute Gasteiger partial charge is 0.394 e. The number of nitrogens with zero attached hydrogens (tertiary/aromatic N) is 3. The van der Waals surface area contributed by atoms with Gasteiger partial charge < -0.3 is 65.5 Å². The highest BCUT2D eigenvalue weighted by Crippen LogP contribution is 2.75. The van der Waals surface area contributed by atoms with Gasteiger partial charge in [0.25, 0.3) is 0 Å². The molecule has 17 nitrogen and oxygen atoms in total. The molecule has 0 aromatic carbocycles. The molecule has 7 aliphatic rings. The van der Waals surface area contributed by atoms with Gasteiger partial charge in [-0.25, -0.2) is 4.68 Å². The van der Waals surface area contributed by atoms with Crippen LogP contribution in [0.25, 0.3) is 0 Å². The number of amides is 1.